The number of fused-ring (bicyclic) bond motifs is 1. The maximum Gasteiger partial charge on any atom is 0.251 e. The van der Waals surface area contributed by atoms with Gasteiger partial charge < -0.3 is 5.32 Å². The highest BCUT2D eigenvalue weighted by molar-refractivity contribution is 7.92. The zero-order valence-electron chi connectivity index (χ0n) is 14.6. The van der Waals surface area contributed by atoms with Crippen LogP contribution in [-0.4, -0.2) is 33.2 Å². The van der Waals surface area contributed by atoms with Gasteiger partial charge in [0.25, 0.3) is 5.91 Å². The molecule has 0 aromatic heterocycles. The van der Waals surface area contributed by atoms with Crippen molar-refractivity contribution in [2.24, 2.45) is 11.8 Å². The fourth-order valence-electron chi connectivity index (χ4n) is 3.89. The molecule has 1 aromatic rings. The van der Waals surface area contributed by atoms with Crippen molar-refractivity contribution in [3.05, 3.63) is 29.3 Å². The Labute approximate surface area is 144 Å². The quantitative estimate of drug-likeness (QED) is 0.911. The van der Waals surface area contributed by atoms with Gasteiger partial charge in [-0.05, 0) is 48.4 Å². The fourth-order valence-corrected chi connectivity index (χ4v) is 4.85. The Bertz CT molecular complexity index is 745. The van der Waals surface area contributed by atoms with Gasteiger partial charge in [-0.2, -0.15) is 0 Å². The second kappa shape index (κ2) is 6.39. The van der Waals surface area contributed by atoms with Gasteiger partial charge in [0.15, 0.2) is 0 Å². The largest absolute Gasteiger partial charge is 0.349 e. The van der Waals surface area contributed by atoms with Gasteiger partial charge in [0.2, 0.25) is 10.0 Å². The molecule has 1 amide bonds. The van der Waals surface area contributed by atoms with E-state index in [0.29, 0.717) is 36.1 Å². The number of hydrogen-bond acceptors (Lipinski definition) is 3. The number of amides is 1. The number of nitrogens with zero attached hydrogens (tertiary/aromatic N) is 1. The molecule has 1 N–H and O–H groups in total. The van der Waals surface area contributed by atoms with Crippen LogP contribution in [0.1, 0.15) is 49.0 Å². The highest BCUT2D eigenvalue weighted by Crippen LogP contribution is 2.32. The Morgan fingerprint density at radius 3 is 2.71 bits per heavy atom. The van der Waals surface area contributed by atoms with Gasteiger partial charge in [0.05, 0.1) is 11.9 Å². The smallest absolute Gasteiger partial charge is 0.251 e. The van der Waals surface area contributed by atoms with E-state index in [2.05, 4.69) is 19.2 Å². The number of carbonyl (C=O) groups is 1. The van der Waals surface area contributed by atoms with Gasteiger partial charge in [-0.1, -0.05) is 26.7 Å². The first kappa shape index (κ1) is 17.3. The molecule has 24 heavy (non-hydrogen) atoms. The first-order chi connectivity index (χ1) is 11.3. The van der Waals surface area contributed by atoms with Crippen LogP contribution in [0.2, 0.25) is 0 Å². The van der Waals surface area contributed by atoms with Crippen molar-refractivity contribution in [3.8, 4) is 0 Å². The molecule has 1 aliphatic carbocycles. The summed E-state index contributed by atoms with van der Waals surface area (Å²) in [6.07, 6.45) is 5.29. The molecule has 1 aromatic carbocycles. The van der Waals surface area contributed by atoms with Crippen LogP contribution in [0, 0.1) is 11.8 Å². The molecule has 0 spiro atoms. The molecule has 3 atom stereocenters. The van der Waals surface area contributed by atoms with E-state index in [1.807, 2.05) is 6.07 Å². The van der Waals surface area contributed by atoms with Crippen molar-refractivity contribution in [1.29, 1.82) is 0 Å². The van der Waals surface area contributed by atoms with E-state index in [-0.39, 0.29) is 11.9 Å². The van der Waals surface area contributed by atoms with Gasteiger partial charge in [0.1, 0.15) is 0 Å². The summed E-state index contributed by atoms with van der Waals surface area (Å²) < 4.78 is 25.0. The number of benzene rings is 1. The molecular formula is C18H26N2O3S. The summed E-state index contributed by atoms with van der Waals surface area (Å²) in [6.45, 7) is 4.91. The molecule has 132 valence electrons. The van der Waals surface area contributed by atoms with Crippen LogP contribution in [0.25, 0.3) is 0 Å². The molecule has 2 aliphatic rings. The zero-order valence-corrected chi connectivity index (χ0v) is 15.4. The molecule has 5 nitrogen and oxygen atoms in total. The number of anilines is 1. The van der Waals surface area contributed by atoms with Gasteiger partial charge in [-0.15, -0.1) is 0 Å². The molecule has 1 fully saturated rings. The first-order valence-corrected chi connectivity index (χ1v) is 10.5. The molecule has 1 aliphatic heterocycles. The molecular weight excluding hydrogens is 324 g/mol. The van der Waals surface area contributed by atoms with Crippen molar-refractivity contribution in [2.45, 2.75) is 45.6 Å². The van der Waals surface area contributed by atoms with Crippen LogP contribution in [0.3, 0.4) is 0 Å². The Morgan fingerprint density at radius 1 is 1.25 bits per heavy atom. The van der Waals surface area contributed by atoms with Gasteiger partial charge in [-0.25, -0.2) is 8.42 Å². The monoisotopic (exact) mass is 350 g/mol. The van der Waals surface area contributed by atoms with Crippen LogP contribution >= 0.6 is 0 Å². The topological polar surface area (TPSA) is 66.5 Å². The second-order valence-corrected chi connectivity index (χ2v) is 9.18. The van der Waals surface area contributed by atoms with Crippen LogP contribution in [-0.2, 0) is 16.4 Å². The van der Waals surface area contributed by atoms with Crippen LogP contribution in [0.4, 0.5) is 5.69 Å². The minimum Gasteiger partial charge on any atom is -0.349 e. The minimum atomic E-state index is -3.25. The van der Waals surface area contributed by atoms with Gasteiger partial charge in [0, 0.05) is 18.2 Å². The predicted octanol–water partition coefficient (Wildman–Crippen LogP) is 2.56. The molecule has 0 radical (unpaired) electrons. The van der Waals surface area contributed by atoms with E-state index >= 15 is 0 Å². The van der Waals surface area contributed by atoms with E-state index in [9.17, 15) is 13.2 Å². The number of rotatable bonds is 3. The van der Waals surface area contributed by atoms with Crippen LogP contribution in [0.15, 0.2) is 18.2 Å². The third-order valence-electron chi connectivity index (χ3n) is 5.62. The number of nitrogens with one attached hydrogen (secondary N) is 1. The average molecular weight is 350 g/mol. The van der Waals surface area contributed by atoms with E-state index in [1.54, 1.807) is 12.1 Å². The minimum absolute atomic E-state index is 0.0541. The molecule has 1 saturated carbocycles. The molecule has 6 heteroatoms. The fraction of sp³-hybridized carbons (Fsp3) is 0.611. The Morgan fingerprint density at radius 2 is 2.00 bits per heavy atom. The zero-order chi connectivity index (χ0) is 17.5. The molecule has 1 heterocycles. The third-order valence-corrected chi connectivity index (χ3v) is 6.80. The van der Waals surface area contributed by atoms with Gasteiger partial charge in [-0.3, -0.25) is 9.10 Å². The Kier molecular flexibility index (Phi) is 4.60. The highest BCUT2D eigenvalue weighted by Gasteiger charge is 2.30. The van der Waals surface area contributed by atoms with Crippen molar-refractivity contribution < 1.29 is 13.2 Å². The summed E-state index contributed by atoms with van der Waals surface area (Å²) in [4.78, 5) is 12.6. The maximum atomic E-state index is 12.6. The third kappa shape index (κ3) is 3.29. The van der Waals surface area contributed by atoms with Crippen molar-refractivity contribution >= 4 is 21.6 Å². The summed E-state index contributed by atoms with van der Waals surface area (Å²) in [5.41, 5.74) is 2.25. The summed E-state index contributed by atoms with van der Waals surface area (Å²) in [7, 11) is -3.25. The number of hydrogen-bond donors (Lipinski definition) is 1. The van der Waals surface area contributed by atoms with Crippen molar-refractivity contribution in [2.75, 3.05) is 17.1 Å². The Hall–Kier alpha value is -1.56. The highest BCUT2D eigenvalue weighted by atomic mass is 32.2. The van der Waals surface area contributed by atoms with Crippen molar-refractivity contribution in [3.63, 3.8) is 0 Å². The number of carbonyl (C=O) groups excluding carboxylic acids is 1. The molecule has 3 rings (SSSR count). The summed E-state index contributed by atoms with van der Waals surface area (Å²) in [5.74, 6) is 1.06. The molecule has 0 bridgehead atoms. The lowest BCUT2D eigenvalue weighted by Crippen LogP contribution is -2.43. The number of sulfonamides is 1. The van der Waals surface area contributed by atoms with E-state index in [0.717, 1.165) is 18.4 Å². The average Bonchev–Trinajstić information content (AvgIpc) is 2.95. The first-order valence-electron chi connectivity index (χ1n) is 8.69. The lowest BCUT2D eigenvalue weighted by Gasteiger charge is -2.34. The molecule has 0 unspecified atom stereocenters. The summed E-state index contributed by atoms with van der Waals surface area (Å²) in [5, 5.41) is 3.18. The lowest BCUT2D eigenvalue weighted by molar-refractivity contribution is 0.0891. The Balaban J connectivity index is 1.75. The van der Waals surface area contributed by atoms with Crippen molar-refractivity contribution in [1.82, 2.24) is 5.32 Å². The van der Waals surface area contributed by atoms with Crippen LogP contribution in [0.5, 0.6) is 0 Å². The van der Waals surface area contributed by atoms with E-state index in [4.69, 9.17) is 0 Å². The SMILES string of the molecule is C[C@@H]1[C@H](C)CCC[C@@H]1NC(=O)c1ccc2c(c1)CCN2S(C)(=O)=O. The normalized spacial score (nSPS) is 27.0. The predicted molar refractivity (Wildman–Crippen MR) is 95.8 cm³/mol. The van der Waals surface area contributed by atoms with Gasteiger partial charge >= 0.3 is 0 Å². The summed E-state index contributed by atoms with van der Waals surface area (Å²) in [6, 6.07) is 5.55. The lowest BCUT2D eigenvalue weighted by atomic mass is 9.78. The van der Waals surface area contributed by atoms with E-state index in [1.165, 1.54) is 17.0 Å². The standard InChI is InChI=1S/C18H26N2O3S/c1-12-5-4-6-16(13(12)2)19-18(21)15-7-8-17-14(11-15)9-10-20(17)24(3,22)23/h7-8,11-13,16H,4-6,9-10H2,1-3H3,(H,19,21)/t12-,13-,16+/m1/s1. The second-order valence-electron chi connectivity index (χ2n) is 7.28. The van der Waals surface area contributed by atoms with E-state index < -0.39 is 10.0 Å². The molecule has 0 saturated heterocycles. The maximum absolute atomic E-state index is 12.6. The van der Waals surface area contributed by atoms with Crippen LogP contribution < -0.4 is 9.62 Å². The summed E-state index contributed by atoms with van der Waals surface area (Å²) >= 11 is 0.